The number of aliphatic hydroxyl groups is 1. The first kappa shape index (κ1) is 103. The highest BCUT2D eigenvalue weighted by Crippen LogP contribution is 2.45. The number of unbranched alkanes of at least 4 members (excludes halogenated alkanes) is 12. The van der Waals surface area contributed by atoms with Gasteiger partial charge in [-0.3, -0.25) is 37.3 Å². The van der Waals surface area contributed by atoms with Crippen molar-refractivity contribution < 1.29 is 80.2 Å². The van der Waals surface area contributed by atoms with E-state index in [0.29, 0.717) is 32.1 Å². The molecule has 0 aromatic carbocycles. The van der Waals surface area contributed by atoms with Crippen molar-refractivity contribution >= 4 is 39.5 Å². The van der Waals surface area contributed by atoms with Gasteiger partial charge in [0.25, 0.3) is 0 Å². The van der Waals surface area contributed by atoms with Gasteiger partial charge in [0, 0.05) is 25.7 Å². The van der Waals surface area contributed by atoms with Gasteiger partial charge in [-0.2, -0.15) is 0 Å². The molecule has 0 aromatic heterocycles. The smallest absolute Gasteiger partial charge is 0.462 e. The number of carbonyl (C=O) groups is 4. The molecule has 0 aliphatic rings. The van der Waals surface area contributed by atoms with E-state index >= 15 is 0 Å². The number of ether oxygens (including phenoxy) is 4. The number of rotatable bonds is 74. The molecule has 0 heterocycles. The Hall–Kier alpha value is -6.62. The Morgan fingerprint density at radius 1 is 0.255 bits per heavy atom. The predicted octanol–water partition coefficient (Wildman–Crippen LogP) is 24.4. The largest absolute Gasteiger partial charge is 0.472 e. The lowest BCUT2D eigenvalue weighted by Gasteiger charge is -2.21. The molecule has 5 unspecified atom stereocenters. The number of hydrogen-bond donors (Lipinski definition) is 3. The van der Waals surface area contributed by atoms with Gasteiger partial charge in [-0.25, -0.2) is 9.13 Å². The molecule has 110 heavy (non-hydrogen) atoms. The molecule has 0 radical (unpaired) electrons. The molecule has 17 nitrogen and oxygen atoms in total. The van der Waals surface area contributed by atoms with Crippen LogP contribution in [0.15, 0.2) is 219 Å². The average Bonchev–Trinajstić information content (AvgIpc) is 0.900. The van der Waals surface area contributed by atoms with Gasteiger partial charge in [0.2, 0.25) is 0 Å². The van der Waals surface area contributed by atoms with Crippen LogP contribution in [0.4, 0.5) is 0 Å². The van der Waals surface area contributed by atoms with Crippen LogP contribution in [0.2, 0.25) is 0 Å². The van der Waals surface area contributed by atoms with E-state index in [1.807, 2.05) is 0 Å². The summed E-state index contributed by atoms with van der Waals surface area (Å²) < 4.78 is 68.6. The van der Waals surface area contributed by atoms with E-state index in [1.54, 1.807) is 0 Å². The van der Waals surface area contributed by atoms with Gasteiger partial charge in [-0.1, -0.05) is 272 Å². The SMILES string of the molecule is CC/C=C\C/C=C\C/C=C\C/C=C\C/C=C\CCCCCC(=O)OCC(COP(=O)(O)OCC(O)COP(=O)(O)OCC(COC(=O)CCCCCC/C=C\C/C=C\C/C=C\C/C=C\CC)OC(=O)CCCC/C=C\C/C=C\C/C=C\C/C=C\CC)OC(=O)CCCCC/C=C\C/C=C\C/C=C\C/C=C\C/C=C\CC. The highest BCUT2D eigenvalue weighted by atomic mass is 31.2. The number of esters is 4. The molecular weight excluding hydrogens is 1430 g/mol. The Morgan fingerprint density at radius 3 is 0.700 bits per heavy atom. The first-order valence-electron chi connectivity index (χ1n) is 41.0. The van der Waals surface area contributed by atoms with E-state index in [0.717, 1.165) is 186 Å². The molecule has 5 atom stereocenters. The molecule has 3 N–H and O–H groups in total. The van der Waals surface area contributed by atoms with E-state index in [-0.39, 0.29) is 25.7 Å². The van der Waals surface area contributed by atoms with Crippen molar-refractivity contribution in [3.8, 4) is 0 Å². The zero-order valence-corrected chi connectivity index (χ0v) is 69.4. The van der Waals surface area contributed by atoms with Crippen LogP contribution in [0.1, 0.15) is 272 Å². The Balaban J connectivity index is 5.54. The topological polar surface area (TPSA) is 237 Å². The number of phosphoric acid groups is 2. The maximum Gasteiger partial charge on any atom is 0.472 e. The standard InChI is InChI=1S/C91H142O17P2/c1-5-9-13-17-21-25-29-33-37-40-42-45-49-52-56-60-64-68-72-76-89(94)102-82-87(108-91(96)78-74-70-66-62-58-54-50-46-43-41-38-34-30-26-22-18-14-10-6-2)84-106-110(99,100)104-80-85(92)79-103-109(97,98)105-83-86(107-90(95)77-73-69-65-61-57-53-47-36-32-28-24-20-16-12-8-4)81-101-88(93)75-71-67-63-59-55-51-48-44-39-35-31-27-23-19-15-11-7-3/h9-16,21-28,33-39,42-43,45-48,51-52,54,56-58,61,85-87,92H,5-8,17-20,29-32,40-41,44,49-50,53,55,59-60,62-84H2,1-4H3,(H,97,98)(H,99,100)/b13-9-,14-10-,15-11-,16-12-,25-21-,26-22-,27-23-,28-24-,37-33-,38-34-,39-35-,45-42-,46-43-,47-36-,51-48-,56-52-,58-54-,61-57-. The molecule has 0 aromatic rings. The van der Waals surface area contributed by atoms with E-state index in [4.69, 9.17) is 37.0 Å². The summed E-state index contributed by atoms with van der Waals surface area (Å²) >= 11 is 0. The Bertz CT molecular complexity index is 2950. The van der Waals surface area contributed by atoms with E-state index in [1.165, 1.54) is 0 Å². The highest BCUT2D eigenvalue weighted by molar-refractivity contribution is 7.47. The maximum atomic E-state index is 13.1. The third-order valence-corrected chi connectivity index (χ3v) is 17.8. The van der Waals surface area contributed by atoms with Crippen molar-refractivity contribution in [2.45, 2.75) is 290 Å². The molecule has 618 valence electrons. The second-order valence-electron chi connectivity index (χ2n) is 26.2. The summed E-state index contributed by atoms with van der Waals surface area (Å²) in [6, 6.07) is 0. The van der Waals surface area contributed by atoms with Crippen LogP contribution in [0.3, 0.4) is 0 Å². The van der Waals surface area contributed by atoms with Gasteiger partial charge >= 0.3 is 39.5 Å². The van der Waals surface area contributed by atoms with Gasteiger partial charge < -0.3 is 33.8 Å². The quantitative estimate of drug-likeness (QED) is 0.0169. The lowest BCUT2D eigenvalue weighted by molar-refractivity contribution is -0.161. The van der Waals surface area contributed by atoms with Crippen molar-refractivity contribution in [2.24, 2.45) is 0 Å². The van der Waals surface area contributed by atoms with Crippen LogP contribution in [0.25, 0.3) is 0 Å². The zero-order valence-electron chi connectivity index (χ0n) is 67.6. The minimum atomic E-state index is -5.02. The van der Waals surface area contributed by atoms with Crippen LogP contribution in [-0.4, -0.2) is 96.7 Å². The fraction of sp³-hybridized carbons (Fsp3) is 0.560. The molecule has 0 amide bonds. The summed E-state index contributed by atoms with van der Waals surface area (Å²) in [6.45, 7) is 4.23. The number of phosphoric ester groups is 2. The van der Waals surface area contributed by atoms with E-state index in [9.17, 15) is 43.2 Å². The Kier molecular flexibility index (Phi) is 75.6. The fourth-order valence-corrected chi connectivity index (χ4v) is 11.4. The Morgan fingerprint density at radius 2 is 0.445 bits per heavy atom. The average molecular weight is 1570 g/mol. The summed E-state index contributed by atoms with van der Waals surface area (Å²) in [5, 5.41) is 10.7. The van der Waals surface area contributed by atoms with Gasteiger partial charge in [0.05, 0.1) is 26.4 Å². The number of aliphatic hydroxyl groups excluding tert-OH is 1. The number of allylic oxidation sites excluding steroid dienone is 36. The van der Waals surface area contributed by atoms with Crippen molar-refractivity contribution in [1.82, 2.24) is 0 Å². The fourth-order valence-electron chi connectivity index (χ4n) is 9.84. The molecule has 0 aliphatic heterocycles. The lowest BCUT2D eigenvalue weighted by Crippen LogP contribution is -2.30. The van der Waals surface area contributed by atoms with Gasteiger partial charge in [-0.15, -0.1) is 0 Å². The molecular formula is C91H142O17P2. The maximum absolute atomic E-state index is 13.1. The summed E-state index contributed by atoms with van der Waals surface area (Å²) in [4.78, 5) is 73.2. The van der Waals surface area contributed by atoms with Crippen LogP contribution >= 0.6 is 15.6 Å². The molecule has 0 saturated carbocycles. The summed E-state index contributed by atoms with van der Waals surface area (Å²) in [5.41, 5.74) is 0. The van der Waals surface area contributed by atoms with Crippen LogP contribution in [0.5, 0.6) is 0 Å². The summed E-state index contributed by atoms with van der Waals surface area (Å²) in [5.74, 6) is -2.35. The van der Waals surface area contributed by atoms with Gasteiger partial charge in [0.1, 0.15) is 19.3 Å². The molecule has 19 heteroatoms. The highest BCUT2D eigenvalue weighted by Gasteiger charge is 2.30. The predicted molar refractivity (Wildman–Crippen MR) is 454 cm³/mol. The molecule has 0 bridgehead atoms. The first-order chi connectivity index (χ1) is 53.7. The summed E-state index contributed by atoms with van der Waals surface area (Å²) in [6.07, 6.45) is 102. The molecule has 0 spiro atoms. The molecule has 0 fully saturated rings. The minimum Gasteiger partial charge on any atom is -0.462 e. The normalized spacial score (nSPS) is 14.9. The zero-order chi connectivity index (χ0) is 80.3. The third kappa shape index (κ3) is 79.5. The van der Waals surface area contributed by atoms with Crippen molar-refractivity contribution in [3.63, 3.8) is 0 Å². The summed E-state index contributed by atoms with van der Waals surface area (Å²) in [7, 11) is -10.0. The minimum absolute atomic E-state index is 0.0261. The number of hydrogen-bond acceptors (Lipinski definition) is 15. The molecule has 0 aliphatic carbocycles. The van der Waals surface area contributed by atoms with E-state index < -0.39 is 97.5 Å². The van der Waals surface area contributed by atoms with E-state index in [2.05, 4.69) is 246 Å². The van der Waals surface area contributed by atoms with Crippen molar-refractivity contribution in [2.75, 3.05) is 39.6 Å². The number of carbonyl (C=O) groups excluding carboxylic acids is 4. The van der Waals surface area contributed by atoms with Crippen molar-refractivity contribution in [3.05, 3.63) is 219 Å². The second kappa shape index (κ2) is 80.4. The molecule has 0 rings (SSSR count). The van der Waals surface area contributed by atoms with Gasteiger partial charge in [-0.05, 0) is 193 Å². The Labute approximate surface area is 664 Å². The van der Waals surface area contributed by atoms with Crippen LogP contribution in [-0.2, 0) is 65.4 Å². The van der Waals surface area contributed by atoms with Crippen LogP contribution < -0.4 is 0 Å². The first-order valence-corrected chi connectivity index (χ1v) is 44.0. The van der Waals surface area contributed by atoms with Crippen LogP contribution in [0, 0.1) is 0 Å². The monoisotopic (exact) mass is 1570 g/mol. The second-order valence-corrected chi connectivity index (χ2v) is 29.1. The third-order valence-electron chi connectivity index (χ3n) is 15.9. The lowest BCUT2D eigenvalue weighted by atomic mass is 10.1. The van der Waals surface area contributed by atoms with Gasteiger partial charge in [0.15, 0.2) is 12.2 Å². The van der Waals surface area contributed by atoms with Crippen molar-refractivity contribution in [1.29, 1.82) is 0 Å². The molecule has 0 saturated heterocycles.